The highest BCUT2D eigenvalue weighted by molar-refractivity contribution is 7.62. The molecule has 1 aliphatic heterocycles. The predicted octanol–water partition coefficient (Wildman–Crippen LogP) is 2.14. The van der Waals surface area contributed by atoms with Gasteiger partial charge in [0, 0.05) is 11.0 Å². The van der Waals surface area contributed by atoms with Crippen molar-refractivity contribution >= 4 is 30.5 Å². The molecule has 0 amide bonds. The summed E-state index contributed by atoms with van der Waals surface area (Å²) in [4.78, 5) is 22.9. The molecule has 1 heterocycles. The molecule has 0 saturated heterocycles. The van der Waals surface area contributed by atoms with E-state index in [1.54, 1.807) is 6.08 Å². The van der Waals surface area contributed by atoms with Crippen LogP contribution in [0.15, 0.2) is 42.5 Å². The second-order valence-corrected chi connectivity index (χ2v) is 5.13. The zero-order valence-corrected chi connectivity index (χ0v) is 10.8. The zero-order valence-electron chi connectivity index (χ0n) is 9.93. The van der Waals surface area contributed by atoms with Gasteiger partial charge in [0.15, 0.2) is 5.78 Å². The van der Waals surface area contributed by atoms with Crippen LogP contribution in [0.25, 0.3) is 5.70 Å². The Bertz CT molecular complexity index is 626. The Morgan fingerprint density at radius 2 is 2.11 bits per heavy atom. The first kappa shape index (κ1) is 12.5. The molecule has 0 spiro atoms. The molecule has 1 aromatic carbocycles. The molecule has 0 aliphatic carbocycles. The van der Waals surface area contributed by atoms with E-state index in [1.165, 1.54) is 6.92 Å². The lowest BCUT2D eigenvalue weighted by Crippen LogP contribution is -2.01. The lowest BCUT2D eigenvalue weighted by Gasteiger charge is -2.03. The van der Waals surface area contributed by atoms with E-state index in [2.05, 4.69) is 6.58 Å². The molecule has 0 bridgehead atoms. The molecule has 0 saturated carbocycles. The second kappa shape index (κ2) is 4.71. The van der Waals surface area contributed by atoms with Crippen molar-refractivity contribution < 1.29 is 9.59 Å². The number of ketones is 1. The average Bonchev–Trinajstić information content (AvgIpc) is 2.71. The minimum Gasteiger partial charge on any atom is -0.399 e. The van der Waals surface area contributed by atoms with Crippen molar-refractivity contribution in [1.29, 1.82) is 0 Å². The van der Waals surface area contributed by atoms with Gasteiger partial charge in [-0.3, -0.25) is 9.59 Å². The van der Waals surface area contributed by atoms with Crippen molar-refractivity contribution in [2.75, 3.05) is 0 Å². The number of Topliss-reactive ketones (excluding diaryl/α,β-unsaturated/α-hetero) is 1. The minimum absolute atomic E-state index is 0.144. The van der Waals surface area contributed by atoms with Crippen LogP contribution in [0.3, 0.4) is 0 Å². The summed E-state index contributed by atoms with van der Waals surface area (Å²) in [7, 11) is 0.539. The van der Waals surface area contributed by atoms with Crippen LogP contribution in [0.5, 0.6) is 0 Å². The summed E-state index contributed by atoms with van der Waals surface area (Å²) in [5.74, 6) is -0.193. The normalized spacial score (nSPS) is 15.1. The number of benzene rings is 1. The molecule has 0 atom stereocenters. The number of carbonyl (C=O) groups excluding carboxylic acids is 2. The van der Waals surface area contributed by atoms with E-state index in [4.69, 9.17) is 5.73 Å². The number of nitrogens with two attached hydrogens (primary N) is 1. The molecule has 0 fully saturated rings. The van der Waals surface area contributed by atoms with Crippen LogP contribution in [0.2, 0.25) is 0 Å². The van der Waals surface area contributed by atoms with Crippen LogP contribution < -0.4 is 5.73 Å². The van der Waals surface area contributed by atoms with E-state index in [0.29, 0.717) is 13.9 Å². The smallest absolute Gasteiger partial charge is 0.215 e. The molecule has 2 rings (SSSR count). The van der Waals surface area contributed by atoms with Gasteiger partial charge in [0.25, 0.3) is 0 Å². The van der Waals surface area contributed by atoms with E-state index in [9.17, 15) is 9.59 Å². The van der Waals surface area contributed by atoms with Gasteiger partial charge in [0.2, 0.25) is 5.52 Å². The Hall–Kier alpha value is -1.99. The molecule has 4 heteroatoms. The molecular formula is C14H12NO2P. The Labute approximate surface area is 107 Å². The van der Waals surface area contributed by atoms with E-state index in [-0.39, 0.29) is 16.9 Å². The summed E-state index contributed by atoms with van der Waals surface area (Å²) in [5, 5.41) is 0.827. The van der Waals surface area contributed by atoms with Crippen molar-refractivity contribution in [2.45, 2.75) is 6.92 Å². The molecule has 0 radical (unpaired) electrons. The quantitative estimate of drug-likeness (QED) is 0.666. The second-order valence-electron chi connectivity index (χ2n) is 4.02. The maximum Gasteiger partial charge on any atom is 0.215 e. The fraction of sp³-hybridized carbons (Fsp3) is 0.0714. The fourth-order valence-corrected chi connectivity index (χ4v) is 2.70. The summed E-state index contributed by atoms with van der Waals surface area (Å²) in [6.07, 6.45) is 1.66. The van der Waals surface area contributed by atoms with Gasteiger partial charge in [0.05, 0.1) is 5.57 Å². The molecule has 1 aliphatic rings. The first-order valence-corrected chi connectivity index (χ1v) is 6.29. The Kier molecular flexibility index (Phi) is 3.26. The number of allylic oxidation sites excluding steroid dienone is 2. The van der Waals surface area contributed by atoms with Crippen molar-refractivity contribution in [3.63, 3.8) is 0 Å². The maximum absolute atomic E-state index is 11.7. The lowest BCUT2D eigenvalue weighted by molar-refractivity contribution is -0.116. The highest BCUT2D eigenvalue weighted by Crippen LogP contribution is 2.25. The van der Waals surface area contributed by atoms with Gasteiger partial charge in [-0.05, 0) is 38.4 Å². The monoisotopic (exact) mass is 257 g/mol. The number of hydrogen-bond acceptors (Lipinski definition) is 3. The van der Waals surface area contributed by atoms with Crippen LogP contribution in [-0.2, 0) is 9.59 Å². The van der Waals surface area contributed by atoms with Crippen LogP contribution in [0, 0.1) is 0 Å². The SMILES string of the molecule is C=C(N)c1cccc(C2=PC(=O)C(C(C)=O)=C2)c1. The van der Waals surface area contributed by atoms with Gasteiger partial charge in [0.1, 0.15) is 0 Å². The molecule has 0 unspecified atom stereocenters. The molecule has 2 N–H and O–H groups in total. The molecular weight excluding hydrogens is 245 g/mol. The third-order valence-electron chi connectivity index (χ3n) is 2.64. The maximum atomic E-state index is 11.7. The summed E-state index contributed by atoms with van der Waals surface area (Å²) in [5.41, 5.74) is 7.97. The summed E-state index contributed by atoms with van der Waals surface area (Å²) < 4.78 is 0. The van der Waals surface area contributed by atoms with Crippen molar-refractivity contribution in [2.24, 2.45) is 5.73 Å². The molecule has 0 aromatic heterocycles. The summed E-state index contributed by atoms with van der Waals surface area (Å²) >= 11 is 0. The van der Waals surface area contributed by atoms with Crippen LogP contribution in [-0.4, -0.2) is 16.6 Å². The highest BCUT2D eigenvalue weighted by atomic mass is 31.1. The minimum atomic E-state index is -0.193. The van der Waals surface area contributed by atoms with E-state index in [1.807, 2.05) is 24.3 Å². The number of rotatable bonds is 3. The zero-order chi connectivity index (χ0) is 13.3. The van der Waals surface area contributed by atoms with E-state index < -0.39 is 0 Å². The van der Waals surface area contributed by atoms with Gasteiger partial charge in [-0.2, -0.15) is 0 Å². The molecule has 18 heavy (non-hydrogen) atoms. The lowest BCUT2D eigenvalue weighted by atomic mass is 10.0. The largest absolute Gasteiger partial charge is 0.399 e. The number of hydrogen-bond donors (Lipinski definition) is 1. The fourth-order valence-electron chi connectivity index (χ4n) is 1.68. The van der Waals surface area contributed by atoms with Gasteiger partial charge >= 0.3 is 0 Å². The first-order chi connectivity index (χ1) is 8.49. The average molecular weight is 257 g/mol. The topological polar surface area (TPSA) is 60.2 Å². The molecule has 1 aromatic rings. The molecule has 90 valence electrons. The Morgan fingerprint density at radius 3 is 2.67 bits per heavy atom. The Balaban J connectivity index is 2.43. The van der Waals surface area contributed by atoms with Crippen LogP contribution >= 0.6 is 8.20 Å². The first-order valence-electron chi connectivity index (χ1n) is 5.40. The summed E-state index contributed by atoms with van der Waals surface area (Å²) in [6.45, 7) is 5.08. The van der Waals surface area contributed by atoms with Crippen LogP contribution in [0.4, 0.5) is 0 Å². The van der Waals surface area contributed by atoms with E-state index >= 15 is 0 Å². The van der Waals surface area contributed by atoms with E-state index in [0.717, 1.165) is 16.4 Å². The summed E-state index contributed by atoms with van der Waals surface area (Å²) in [6, 6.07) is 7.48. The van der Waals surface area contributed by atoms with Crippen molar-refractivity contribution in [3.05, 3.63) is 53.6 Å². The van der Waals surface area contributed by atoms with Gasteiger partial charge in [-0.25, -0.2) is 0 Å². The third-order valence-corrected chi connectivity index (χ3v) is 3.71. The van der Waals surface area contributed by atoms with Gasteiger partial charge in [-0.1, -0.05) is 24.8 Å². The number of carbonyl (C=O) groups is 2. The highest BCUT2D eigenvalue weighted by Gasteiger charge is 2.21. The van der Waals surface area contributed by atoms with Gasteiger partial charge < -0.3 is 5.73 Å². The third kappa shape index (κ3) is 2.31. The van der Waals surface area contributed by atoms with Crippen molar-refractivity contribution in [3.8, 4) is 0 Å². The predicted molar refractivity (Wildman–Crippen MR) is 74.5 cm³/mol. The molecule has 3 nitrogen and oxygen atoms in total. The standard InChI is InChI=1S/C14H12NO2P/c1-8(15)10-4-3-5-11(6-10)13-7-12(9(2)16)14(17)18-13/h3-7H,1,15H2,2H3. The van der Waals surface area contributed by atoms with Crippen molar-refractivity contribution in [1.82, 2.24) is 0 Å². The Morgan fingerprint density at radius 1 is 1.39 bits per heavy atom. The van der Waals surface area contributed by atoms with Gasteiger partial charge in [-0.15, -0.1) is 0 Å². The van der Waals surface area contributed by atoms with Crippen LogP contribution in [0.1, 0.15) is 18.1 Å².